The summed E-state index contributed by atoms with van der Waals surface area (Å²) in [4.78, 5) is 19.6. The van der Waals surface area contributed by atoms with E-state index >= 15 is 0 Å². The zero-order valence-corrected chi connectivity index (χ0v) is 16.5. The van der Waals surface area contributed by atoms with Crippen molar-refractivity contribution >= 4 is 34.3 Å². The van der Waals surface area contributed by atoms with E-state index in [0.29, 0.717) is 5.75 Å². The van der Waals surface area contributed by atoms with Gasteiger partial charge in [0.2, 0.25) is 5.91 Å². The normalized spacial score (nSPS) is 15.8. The topological polar surface area (TPSA) is 42.4 Å². The Kier molecular flexibility index (Phi) is 4.79. The van der Waals surface area contributed by atoms with Gasteiger partial charge in [0.15, 0.2) is 0 Å². The number of methoxy groups -OCH3 is 1. The Morgan fingerprint density at radius 3 is 2.89 bits per heavy atom. The number of aromatic nitrogens is 1. The van der Waals surface area contributed by atoms with Crippen molar-refractivity contribution in [1.29, 1.82) is 0 Å². The van der Waals surface area contributed by atoms with E-state index in [4.69, 9.17) is 9.72 Å². The van der Waals surface area contributed by atoms with E-state index in [1.807, 2.05) is 48.2 Å². The highest BCUT2D eigenvalue weighted by atomic mass is 32.2. The molecule has 1 amide bonds. The molecule has 4 rings (SSSR count). The highest BCUT2D eigenvalue weighted by Crippen LogP contribution is 2.33. The zero-order chi connectivity index (χ0) is 19.0. The summed E-state index contributed by atoms with van der Waals surface area (Å²) < 4.78 is 5.28. The zero-order valence-electron chi connectivity index (χ0n) is 15.7. The van der Waals surface area contributed by atoms with Crippen molar-refractivity contribution in [3.63, 3.8) is 0 Å². The number of aryl methyl sites for hydroxylation is 1. The van der Waals surface area contributed by atoms with Crippen LogP contribution >= 0.6 is 11.8 Å². The summed E-state index contributed by atoms with van der Waals surface area (Å²) in [7, 11) is 1.66. The number of ether oxygens (including phenoxy) is 1. The predicted molar refractivity (Wildman–Crippen MR) is 111 cm³/mol. The Labute approximate surface area is 163 Å². The van der Waals surface area contributed by atoms with Crippen molar-refractivity contribution in [3.05, 3.63) is 59.7 Å². The van der Waals surface area contributed by atoms with Crippen LogP contribution in [-0.4, -0.2) is 29.8 Å². The first-order valence-electron chi connectivity index (χ1n) is 9.05. The minimum atomic E-state index is 0.133. The molecule has 0 saturated carbocycles. The van der Waals surface area contributed by atoms with Crippen molar-refractivity contribution in [1.82, 2.24) is 4.98 Å². The molecular weight excluding hydrogens is 356 g/mol. The van der Waals surface area contributed by atoms with E-state index in [9.17, 15) is 4.79 Å². The van der Waals surface area contributed by atoms with Gasteiger partial charge in [0.05, 0.1) is 18.4 Å². The fourth-order valence-corrected chi connectivity index (χ4v) is 4.51. The van der Waals surface area contributed by atoms with E-state index in [1.54, 1.807) is 7.11 Å². The maximum absolute atomic E-state index is 12.9. The molecule has 1 aromatic heterocycles. The molecule has 4 nitrogen and oxygen atoms in total. The number of fused-ring (bicyclic) bond motifs is 2. The van der Waals surface area contributed by atoms with Crippen LogP contribution in [0, 0.1) is 6.92 Å². The number of nitrogens with zero attached hydrogens (tertiary/aromatic N) is 2. The molecule has 1 atom stereocenters. The maximum Gasteiger partial charge on any atom is 0.237 e. The van der Waals surface area contributed by atoms with Gasteiger partial charge in [-0.1, -0.05) is 30.0 Å². The smallest absolute Gasteiger partial charge is 0.237 e. The van der Waals surface area contributed by atoms with Crippen LogP contribution in [0.4, 0.5) is 5.69 Å². The number of anilines is 1. The molecule has 0 spiro atoms. The molecule has 0 N–H and O–H groups in total. The number of rotatable bonds is 4. The van der Waals surface area contributed by atoms with Crippen LogP contribution in [0.1, 0.15) is 18.1 Å². The molecular formula is C22H22N2O2S. The summed E-state index contributed by atoms with van der Waals surface area (Å²) in [6.07, 6.45) is 0.918. The second kappa shape index (κ2) is 7.24. The molecule has 0 radical (unpaired) electrons. The number of carbonyl (C=O) groups is 1. The van der Waals surface area contributed by atoms with Gasteiger partial charge in [-0.3, -0.25) is 4.79 Å². The molecule has 1 aliphatic rings. The minimum Gasteiger partial charge on any atom is -0.497 e. The van der Waals surface area contributed by atoms with Gasteiger partial charge in [0, 0.05) is 17.1 Å². The van der Waals surface area contributed by atoms with Gasteiger partial charge in [0.25, 0.3) is 0 Å². The van der Waals surface area contributed by atoms with Gasteiger partial charge in [0.1, 0.15) is 10.8 Å². The first kappa shape index (κ1) is 17.9. The highest BCUT2D eigenvalue weighted by molar-refractivity contribution is 8.00. The molecule has 0 aliphatic carbocycles. The number of carbonyl (C=O) groups excluding carboxylic acids is 1. The van der Waals surface area contributed by atoms with Crippen LogP contribution < -0.4 is 9.64 Å². The molecule has 0 saturated heterocycles. The first-order valence-corrected chi connectivity index (χ1v) is 10.0. The quantitative estimate of drug-likeness (QED) is 0.621. The van der Waals surface area contributed by atoms with Crippen molar-refractivity contribution in [2.45, 2.75) is 31.3 Å². The first-order chi connectivity index (χ1) is 13.1. The molecule has 0 unspecified atom stereocenters. The molecule has 3 aromatic rings. The number of hydrogen-bond donors (Lipinski definition) is 0. The summed E-state index contributed by atoms with van der Waals surface area (Å²) in [6.45, 7) is 4.14. The molecule has 27 heavy (non-hydrogen) atoms. The third-order valence-electron chi connectivity index (χ3n) is 4.97. The van der Waals surface area contributed by atoms with Gasteiger partial charge in [-0.2, -0.15) is 0 Å². The Morgan fingerprint density at radius 1 is 1.26 bits per heavy atom. The predicted octanol–water partition coefficient (Wildman–Crippen LogP) is 4.62. The van der Waals surface area contributed by atoms with Crippen LogP contribution in [-0.2, 0) is 11.2 Å². The summed E-state index contributed by atoms with van der Waals surface area (Å²) in [6, 6.07) is 16.3. The van der Waals surface area contributed by atoms with Gasteiger partial charge in [-0.25, -0.2) is 4.98 Å². The number of pyridine rings is 1. The summed E-state index contributed by atoms with van der Waals surface area (Å²) >= 11 is 1.51. The Bertz CT molecular complexity index is 1020. The minimum absolute atomic E-state index is 0.133. The number of hydrogen-bond acceptors (Lipinski definition) is 4. The van der Waals surface area contributed by atoms with Gasteiger partial charge < -0.3 is 9.64 Å². The van der Waals surface area contributed by atoms with Gasteiger partial charge >= 0.3 is 0 Å². The standard InChI is InChI=1S/C22H22N2O2S/c1-14-10-17-12-18(26-3)8-9-19(17)23-22(14)27-13-21(25)24-15(2)11-16-6-4-5-7-20(16)24/h4-10,12,15H,11,13H2,1-3H3/t15-/m0/s1. The van der Waals surface area contributed by atoms with Crippen molar-refractivity contribution in [2.75, 3.05) is 17.8 Å². The fraction of sp³-hybridized carbons (Fsp3) is 0.273. The number of thioether (sulfide) groups is 1. The van der Waals surface area contributed by atoms with Gasteiger partial charge in [-0.15, -0.1) is 0 Å². The summed E-state index contributed by atoms with van der Waals surface area (Å²) in [5.74, 6) is 1.34. The molecule has 0 fully saturated rings. The monoisotopic (exact) mass is 378 g/mol. The van der Waals surface area contributed by atoms with Crippen molar-refractivity contribution in [3.8, 4) is 5.75 Å². The number of amides is 1. The lowest BCUT2D eigenvalue weighted by Gasteiger charge is -2.22. The van der Waals surface area contributed by atoms with E-state index in [2.05, 4.69) is 19.1 Å². The van der Waals surface area contributed by atoms with Crippen LogP contribution in [0.5, 0.6) is 5.75 Å². The summed E-state index contributed by atoms with van der Waals surface area (Å²) in [5, 5.41) is 1.95. The third kappa shape index (κ3) is 3.39. The average Bonchev–Trinajstić information content (AvgIpc) is 3.01. The van der Waals surface area contributed by atoms with E-state index in [1.165, 1.54) is 17.3 Å². The molecule has 1 aliphatic heterocycles. The fourth-order valence-electron chi connectivity index (χ4n) is 3.66. The van der Waals surface area contributed by atoms with E-state index in [-0.39, 0.29) is 11.9 Å². The Hall–Kier alpha value is -2.53. The number of benzene rings is 2. The van der Waals surface area contributed by atoms with Crippen molar-refractivity contribution in [2.24, 2.45) is 0 Å². The average molecular weight is 378 g/mol. The SMILES string of the molecule is COc1ccc2nc(SCC(=O)N3c4ccccc4C[C@@H]3C)c(C)cc2c1. The van der Waals surface area contributed by atoms with Crippen LogP contribution in [0.2, 0.25) is 0 Å². The molecule has 138 valence electrons. The Balaban J connectivity index is 1.53. The second-order valence-electron chi connectivity index (χ2n) is 6.90. The van der Waals surface area contributed by atoms with Crippen LogP contribution in [0.25, 0.3) is 10.9 Å². The van der Waals surface area contributed by atoms with Crippen LogP contribution in [0.15, 0.2) is 53.6 Å². The van der Waals surface area contributed by atoms with Crippen LogP contribution in [0.3, 0.4) is 0 Å². The Morgan fingerprint density at radius 2 is 2.07 bits per heavy atom. The van der Waals surface area contributed by atoms with E-state index in [0.717, 1.165) is 39.4 Å². The lowest BCUT2D eigenvalue weighted by Crippen LogP contribution is -2.37. The highest BCUT2D eigenvalue weighted by Gasteiger charge is 2.30. The molecule has 2 heterocycles. The van der Waals surface area contributed by atoms with Crippen molar-refractivity contribution < 1.29 is 9.53 Å². The number of para-hydroxylation sites is 1. The largest absolute Gasteiger partial charge is 0.497 e. The third-order valence-corrected chi connectivity index (χ3v) is 6.05. The molecule has 2 aromatic carbocycles. The molecule has 0 bridgehead atoms. The lowest BCUT2D eigenvalue weighted by molar-refractivity contribution is -0.116. The van der Waals surface area contributed by atoms with E-state index < -0.39 is 0 Å². The molecule has 5 heteroatoms. The summed E-state index contributed by atoms with van der Waals surface area (Å²) in [5.41, 5.74) is 4.28. The maximum atomic E-state index is 12.9. The lowest BCUT2D eigenvalue weighted by atomic mass is 10.1. The van der Waals surface area contributed by atoms with Gasteiger partial charge in [-0.05, 0) is 61.7 Å². The second-order valence-corrected chi connectivity index (χ2v) is 7.87.